The summed E-state index contributed by atoms with van der Waals surface area (Å²) in [4.78, 5) is -0.402. The lowest BCUT2D eigenvalue weighted by Gasteiger charge is -2.22. The van der Waals surface area contributed by atoms with Crippen LogP contribution in [0.15, 0.2) is 35.4 Å². The van der Waals surface area contributed by atoms with E-state index >= 15 is 0 Å². The highest BCUT2D eigenvalue weighted by atomic mass is 35.5. The Morgan fingerprint density at radius 2 is 1.88 bits per heavy atom. The Labute approximate surface area is 152 Å². The molecule has 0 fully saturated rings. The number of aliphatic hydroxyl groups is 1. The molecule has 2 N–H and O–H groups in total. The minimum Gasteiger partial charge on any atom is -0.387 e. The second-order valence-corrected chi connectivity index (χ2v) is 6.64. The Kier molecular flexibility index (Phi) is 8.27. The molecule has 7 nitrogen and oxygen atoms in total. The standard InChI is InChI=1S/C13H17FN4O3S.2ClH/c1-13(19,8-15-2)9-18-7-12(16-17-18)10-3-5-11(6-4-10)22(14,20)21;;/h3-7,15,19H,8-9H2,1-2H3;2*1H. The summed E-state index contributed by atoms with van der Waals surface area (Å²) in [5, 5.41) is 20.9. The lowest BCUT2D eigenvalue weighted by Crippen LogP contribution is -2.40. The van der Waals surface area contributed by atoms with Crippen LogP contribution in [0.4, 0.5) is 3.89 Å². The molecule has 1 atom stereocenters. The van der Waals surface area contributed by atoms with Gasteiger partial charge in [-0.3, -0.25) is 0 Å². The van der Waals surface area contributed by atoms with Crippen LogP contribution in [0.5, 0.6) is 0 Å². The number of nitrogens with zero attached hydrogens (tertiary/aromatic N) is 3. The van der Waals surface area contributed by atoms with Crippen LogP contribution < -0.4 is 5.32 Å². The first-order valence-corrected chi connectivity index (χ1v) is 7.92. The van der Waals surface area contributed by atoms with Crippen molar-refractivity contribution in [3.05, 3.63) is 30.5 Å². The fraction of sp³-hybridized carbons (Fsp3) is 0.385. The van der Waals surface area contributed by atoms with Crippen LogP contribution in [-0.2, 0) is 16.8 Å². The highest BCUT2D eigenvalue weighted by Crippen LogP contribution is 2.20. The topological polar surface area (TPSA) is 97.1 Å². The molecule has 0 amide bonds. The Morgan fingerprint density at radius 1 is 1.29 bits per heavy atom. The second-order valence-electron chi connectivity index (χ2n) is 5.29. The number of benzene rings is 1. The molecule has 2 aromatic rings. The SMILES string of the molecule is CNCC(C)(O)Cn1cc(-c2ccc(S(=O)(=O)F)cc2)nn1.Cl.Cl. The minimum absolute atomic E-state index is 0. The zero-order valence-electron chi connectivity index (χ0n) is 13.0. The first-order valence-electron chi connectivity index (χ1n) is 6.53. The summed E-state index contributed by atoms with van der Waals surface area (Å²) in [7, 11) is -2.97. The van der Waals surface area contributed by atoms with Crippen LogP contribution in [0.25, 0.3) is 11.3 Å². The average molecular weight is 401 g/mol. The summed E-state index contributed by atoms with van der Waals surface area (Å²) >= 11 is 0. The molecule has 0 aliphatic heterocycles. The maximum Gasteiger partial charge on any atom is 0.332 e. The monoisotopic (exact) mass is 400 g/mol. The summed E-state index contributed by atoms with van der Waals surface area (Å²) in [6.45, 7) is 2.31. The van der Waals surface area contributed by atoms with Gasteiger partial charge in [0.25, 0.3) is 0 Å². The molecule has 1 heterocycles. The van der Waals surface area contributed by atoms with Gasteiger partial charge in [-0.15, -0.1) is 33.8 Å². The van der Waals surface area contributed by atoms with Gasteiger partial charge in [0.2, 0.25) is 0 Å². The molecule has 0 bridgehead atoms. The Hall–Kier alpha value is -1.26. The lowest BCUT2D eigenvalue weighted by molar-refractivity contribution is 0.0398. The molecular weight excluding hydrogens is 382 g/mol. The van der Waals surface area contributed by atoms with Crippen LogP contribution in [0.2, 0.25) is 0 Å². The third kappa shape index (κ3) is 5.99. The van der Waals surface area contributed by atoms with Crippen molar-refractivity contribution in [2.45, 2.75) is 24.0 Å². The van der Waals surface area contributed by atoms with Crippen molar-refractivity contribution in [3.8, 4) is 11.3 Å². The number of nitrogens with one attached hydrogen (secondary N) is 1. The number of halogens is 3. The van der Waals surface area contributed by atoms with E-state index in [4.69, 9.17) is 0 Å². The van der Waals surface area contributed by atoms with E-state index in [1.54, 1.807) is 20.2 Å². The van der Waals surface area contributed by atoms with E-state index in [0.717, 1.165) is 0 Å². The van der Waals surface area contributed by atoms with Crippen LogP contribution in [-0.4, -0.2) is 47.7 Å². The fourth-order valence-electron chi connectivity index (χ4n) is 2.08. The molecule has 11 heteroatoms. The zero-order chi connectivity index (χ0) is 16.4. The third-order valence-electron chi connectivity index (χ3n) is 3.03. The Bertz CT molecular complexity index is 751. The Balaban J connectivity index is 0.00000264. The van der Waals surface area contributed by atoms with Gasteiger partial charge in [-0.05, 0) is 26.1 Å². The largest absolute Gasteiger partial charge is 0.387 e. The molecule has 0 aliphatic carbocycles. The van der Waals surface area contributed by atoms with Crippen molar-refractivity contribution in [3.63, 3.8) is 0 Å². The van der Waals surface area contributed by atoms with Gasteiger partial charge in [-0.1, -0.05) is 17.3 Å². The molecule has 136 valence electrons. The van der Waals surface area contributed by atoms with E-state index in [-0.39, 0.29) is 31.4 Å². The molecular formula is C13H19Cl2FN4O3S. The lowest BCUT2D eigenvalue weighted by atomic mass is 10.1. The normalized spacial score (nSPS) is 13.5. The quantitative estimate of drug-likeness (QED) is 0.711. The van der Waals surface area contributed by atoms with E-state index < -0.39 is 20.7 Å². The third-order valence-corrected chi connectivity index (χ3v) is 3.87. The summed E-state index contributed by atoms with van der Waals surface area (Å²) in [6, 6.07) is 5.24. The summed E-state index contributed by atoms with van der Waals surface area (Å²) in [5.74, 6) is 0. The van der Waals surface area contributed by atoms with E-state index in [0.29, 0.717) is 17.8 Å². The predicted molar refractivity (Wildman–Crippen MR) is 92.8 cm³/mol. The molecule has 0 spiro atoms. The van der Waals surface area contributed by atoms with Gasteiger partial charge in [0.1, 0.15) is 5.69 Å². The van der Waals surface area contributed by atoms with Gasteiger partial charge in [0.15, 0.2) is 0 Å². The minimum atomic E-state index is -4.71. The summed E-state index contributed by atoms with van der Waals surface area (Å²) in [6.07, 6.45) is 1.63. The van der Waals surface area contributed by atoms with Crippen molar-refractivity contribution < 1.29 is 17.4 Å². The number of rotatable bonds is 6. The first-order chi connectivity index (χ1) is 10.2. The van der Waals surface area contributed by atoms with Gasteiger partial charge in [0.05, 0.1) is 23.2 Å². The number of likely N-dealkylation sites (N-methyl/N-ethyl adjacent to an activating group) is 1. The van der Waals surface area contributed by atoms with Gasteiger partial charge in [-0.25, -0.2) is 4.68 Å². The van der Waals surface area contributed by atoms with Gasteiger partial charge in [0, 0.05) is 12.1 Å². The molecule has 1 unspecified atom stereocenters. The van der Waals surface area contributed by atoms with E-state index in [1.807, 2.05) is 0 Å². The van der Waals surface area contributed by atoms with Crippen molar-refractivity contribution >= 4 is 35.0 Å². The molecule has 0 aliphatic rings. The zero-order valence-corrected chi connectivity index (χ0v) is 15.5. The van der Waals surface area contributed by atoms with Gasteiger partial charge >= 0.3 is 10.2 Å². The maximum absolute atomic E-state index is 12.8. The number of aromatic nitrogens is 3. The Morgan fingerprint density at radius 3 is 2.38 bits per heavy atom. The van der Waals surface area contributed by atoms with Gasteiger partial charge < -0.3 is 10.4 Å². The smallest absolute Gasteiger partial charge is 0.332 e. The van der Waals surface area contributed by atoms with Crippen molar-refractivity contribution in [2.24, 2.45) is 0 Å². The summed E-state index contributed by atoms with van der Waals surface area (Å²) in [5.41, 5.74) is 0.126. The van der Waals surface area contributed by atoms with Crippen molar-refractivity contribution in [2.75, 3.05) is 13.6 Å². The highest BCUT2D eigenvalue weighted by Gasteiger charge is 2.21. The fourth-order valence-corrected chi connectivity index (χ4v) is 2.54. The molecule has 24 heavy (non-hydrogen) atoms. The molecule has 0 radical (unpaired) electrons. The molecule has 2 rings (SSSR count). The van der Waals surface area contributed by atoms with E-state index in [9.17, 15) is 17.4 Å². The van der Waals surface area contributed by atoms with Crippen LogP contribution in [0, 0.1) is 0 Å². The molecule has 0 saturated heterocycles. The average Bonchev–Trinajstić information content (AvgIpc) is 2.85. The maximum atomic E-state index is 12.8. The highest BCUT2D eigenvalue weighted by molar-refractivity contribution is 7.86. The van der Waals surface area contributed by atoms with Gasteiger partial charge in [-0.2, -0.15) is 8.42 Å². The van der Waals surface area contributed by atoms with E-state index in [1.165, 1.54) is 28.9 Å². The van der Waals surface area contributed by atoms with Crippen LogP contribution in [0.3, 0.4) is 0 Å². The van der Waals surface area contributed by atoms with Crippen LogP contribution >= 0.6 is 24.8 Å². The molecule has 1 aromatic heterocycles. The predicted octanol–water partition coefficient (Wildman–Crippen LogP) is 1.42. The van der Waals surface area contributed by atoms with Crippen molar-refractivity contribution in [1.29, 1.82) is 0 Å². The molecule has 0 saturated carbocycles. The second kappa shape index (κ2) is 8.72. The van der Waals surface area contributed by atoms with Crippen molar-refractivity contribution in [1.82, 2.24) is 20.3 Å². The number of hydrogen-bond donors (Lipinski definition) is 2. The summed E-state index contributed by atoms with van der Waals surface area (Å²) < 4.78 is 35.9. The number of hydrogen-bond acceptors (Lipinski definition) is 6. The molecule has 1 aromatic carbocycles. The van der Waals surface area contributed by atoms with E-state index in [2.05, 4.69) is 15.6 Å². The first kappa shape index (κ1) is 22.7. The van der Waals surface area contributed by atoms with Crippen LogP contribution in [0.1, 0.15) is 6.92 Å².